The lowest BCUT2D eigenvalue weighted by atomic mass is 10.1. The summed E-state index contributed by atoms with van der Waals surface area (Å²) in [7, 11) is 0. The molecular weight excluding hydrogens is 279 g/mol. The number of nitrogens with two attached hydrogens (primary N) is 1. The smallest absolute Gasteiger partial charge is 0.416 e. The molecule has 5 heteroatoms. The molecule has 0 heterocycles. The lowest BCUT2D eigenvalue weighted by Gasteiger charge is -2.14. The maximum absolute atomic E-state index is 12.6. The number of benzene rings is 2. The lowest BCUT2D eigenvalue weighted by molar-refractivity contribution is -0.137. The molecule has 0 unspecified atom stereocenters. The third-order valence-corrected chi connectivity index (χ3v) is 3.09. The van der Waals surface area contributed by atoms with Crippen molar-refractivity contribution in [2.75, 3.05) is 5.73 Å². The van der Waals surface area contributed by atoms with Gasteiger partial charge in [0.05, 0.1) is 11.3 Å². The number of ether oxygens (including phenoxy) is 1. The molecule has 0 aromatic heterocycles. The molecular formula is C16H16F3NO. The van der Waals surface area contributed by atoms with E-state index in [0.29, 0.717) is 17.0 Å². The van der Waals surface area contributed by atoms with E-state index in [9.17, 15) is 13.2 Å². The van der Waals surface area contributed by atoms with E-state index >= 15 is 0 Å². The fourth-order valence-corrected chi connectivity index (χ4v) is 2.18. The summed E-state index contributed by atoms with van der Waals surface area (Å²) in [6.07, 6.45) is -4.35. The van der Waals surface area contributed by atoms with Crippen molar-refractivity contribution in [1.82, 2.24) is 0 Å². The Kier molecular flexibility index (Phi) is 4.11. The van der Waals surface area contributed by atoms with Gasteiger partial charge in [0.25, 0.3) is 0 Å². The highest BCUT2D eigenvalue weighted by Crippen LogP contribution is 2.31. The molecule has 2 aromatic carbocycles. The van der Waals surface area contributed by atoms with Crippen molar-refractivity contribution in [1.29, 1.82) is 0 Å². The second kappa shape index (κ2) is 5.68. The summed E-state index contributed by atoms with van der Waals surface area (Å²) in [6, 6.07) is 8.77. The lowest BCUT2D eigenvalue weighted by Crippen LogP contribution is -2.06. The fraction of sp³-hybridized carbons (Fsp3) is 0.250. The van der Waals surface area contributed by atoms with Gasteiger partial charge in [-0.25, -0.2) is 0 Å². The number of nitrogen functional groups attached to an aromatic ring is 1. The van der Waals surface area contributed by atoms with Crippen LogP contribution in [0.2, 0.25) is 0 Å². The summed E-state index contributed by atoms with van der Waals surface area (Å²) in [5.74, 6) is 0.512. The Morgan fingerprint density at radius 2 is 1.81 bits per heavy atom. The zero-order chi connectivity index (χ0) is 15.6. The molecule has 0 aliphatic carbocycles. The molecule has 0 atom stereocenters. The molecule has 0 saturated carbocycles. The first kappa shape index (κ1) is 15.2. The van der Waals surface area contributed by atoms with Crippen molar-refractivity contribution >= 4 is 5.69 Å². The van der Waals surface area contributed by atoms with E-state index in [1.54, 1.807) is 12.1 Å². The molecule has 112 valence electrons. The van der Waals surface area contributed by atoms with Crippen molar-refractivity contribution in [2.45, 2.75) is 26.6 Å². The standard InChI is InChI=1S/C16H16F3NO/c1-10-6-11(2)15(14(20)7-10)21-9-12-4-3-5-13(8-12)16(17,18)19/h3-8H,9,20H2,1-2H3. The Bertz CT molecular complexity index is 627. The van der Waals surface area contributed by atoms with Gasteiger partial charge in [0.2, 0.25) is 0 Å². The van der Waals surface area contributed by atoms with E-state index in [-0.39, 0.29) is 6.61 Å². The molecule has 0 amide bonds. The van der Waals surface area contributed by atoms with E-state index in [0.717, 1.165) is 23.3 Å². The molecule has 0 bridgehead atoms. The third kappa shape index (κ3) is 3.68. The summed E-state index contributed by atoms with van der Waals surface area (Å²) < 4.78 is 43.5. The van der Waals surface area contributed by atoms with Crippen LogP contribution in [0.25, 0.3) is 0 Å². The van der Waals surface area contributed by atoms with Crippen LogP contribution in [0, 0.1) is 13.8 Å². The van der Waals surface area contributed by atoms with E-state index in [1.165, 1.54) is 6.07 Å². The number of alkyl halides is 3. The largest absolute Gasteiger partial charge is 0.486 e. The Hall–Kier alpha value is -2.17. The summed E-state index contributed by atoms with van der Waals surface area (Å²) in [6.45, 7) is 3.81. The van der Waals surface area contributed by atoms with E-state index in [4.69, 9.17) is 10.5 Å². The minimum Gasteiger partial charge on any atom is -0.486 e. The average molecular weight is 295 g/mol. The van der Waals surface area contributed by atoms with E-state index < -0.39 is 11.7 Å². The van der Waals surface area contributed by atoms with Gasteiger partial charge in [-0.2, -0.15) is 13.2 Å². The van der Waals surface area contributed by atoms with Crippen molar-refractivity contribution < 1.29 is 17.9 Å². The van der Waals surface area contributed by atoms with Crippen LogP contribution in [0.1, 0.15) is 22.3 Å². The first-order valence-electron chi connectivity index (χ1n) is 6.43. The van der Waals surface area contributed by atoms with Crippen molar-refractivity contribution in [2.24, 2.45) is 0 Å². The first-order valence-corrected chi connectivity index (χ1v) is 6.43. The predicted molar refractivity (Wildman–Crippen MR) is 76.1 cm³/mol. The summed E-state index contributed by atoms with van der Waals surface area (Å²) >= 11 is 0. The number of hydrogen-bond acceptors (Lipinski definition) is 2. The van der Waals surface area contributed by atoms with Crippen LogP contribution in [0.5, 0.6) is 5.75 Å². The molecule has 0 aliphatic heterocycles. The van der Waals surface area contributed by atoms with Gasteiger partial charge < -0.3 is 10.5 Å². The number of hydrogen-bond donors (Lipinski definition) is 1. The summed E-state index contributed by atoms with van der Waals surface area (Å²) in [5.41, 5.74) is 8.00. The van der Waals surface area contributed by atoms with Crippen LogP contribution in [0.3, 0.4) is 0 Å². The van der Waals surface area contributed by atoms with Crippen LogP contribution in [0.4, 0.5) is 18.9 Å². The SMILES string of the molecule is Cc1cc(C)c(OCc2cccc(C(F)(F)F)c2)c(N)c1. The van der Waals surface area contributed by atoms with Crippen LogP contribution >= 0.6 is 0 Å². The molecule has 2 N–H and O–H groups in total. The Morgan fingerprint density at radius 1 is 1.10 bits per heavy atom. The van der Waals surface area contributed by atoms with Gasteiger partial charge in [-0.15, -0.1) is 0 Å². The Balaban J connectivity index is 2.18. The van der Waals surface area contributed by atoms with Crippen molar-refractivity contribution in [3.05, 3.63) is 58.7 Å². The van der Waals surface area contributed by atoms with E-state index in [2.05, 4.69) is 0 Å². The van der Waals surface area contributed by atoms with Gasteiger partial charge in [-0.3, -0.25) is 0 Å². The highest BCUT2D eigenvalue weighted by molar-refractivity contribution is 5.58. The highest BCUT2D eigenvalue weighted by Gasteiger charge is 2.30. The van der Waals surface area contributed by atoms with Crippen molar-refractivity contribution in [3.63, 3.8) is 0 Å². The molecule has 2 nitrogen and oxygen atoms in total. The molecule has 21 heavy (non-hydrogen) atoms. The summed E-state index contributed by atoms with van der Waals surface area (Å²) in [4.78, 5) is 0. The first-order chi connectivity index (χ1) is 9.77. The predicted octanol–water partition coefficient (Wildman–Crippen LogP) is 4.48. The van der Waals surface area contributed by atoms with Crippen LogP contribution in [0.15, 0.2) is 36.4 Å². The van der Waals surface area contributed by atoms with Crippen molar-refractivity contribution in [3.8, 4) is 5.75 Å². The van der Waals surface area contributed by atoms with Gasteiger partial charge in [0.15, 0.2) is 0 Å². The molecule has 0 aliphatic rings. The third-order valence-electron chi connectivity index (χ3n) is 3.09. The minimum atomic E-state index is -4.35. The van der Waals surface area contributed by atoms with Gasteiger partial charge in [0.1, 0.15) is 12.4 Å². The fourth-order valence-electron chi connectivity index (χ4n) is 2.18. The molecule has 0 saturated heterocycles. The molecule has 2 rings (SSSR count). The van der Waals surface area contributed by atoms with Crippen LogP contribution < -0.4 is 10.5 Å². The number of anilines is 1. The quantitative estimate of drug-likeness (QED) is 0.847. The normalized spacial score (nSPS) is 11.5. The minimum absolute atomic E-state index is 0.0397. The number of rotatable bonds is 3. The average Bonchev–Trinajstić information content (AvgIpc) is 2.36. The second-order valence-corrected chi connectivity index (χ2v) is 4.99. The zero-order valence-corrected chi connectivity index (χ0v) is 11.8. The van der Waals surface area contributed by atoms with Crippen LogP contribution in [-0.4, -0.2) is 0 Å². The molecule has 0 fully saturated rings. The maximum atomic E-state index is 12.6. The topological polar surface area (TPSA) is 35.2 Å². The zero-order valence-electron chi connectivity index (χ0n) is 11.8. The number of aryl methyl sites for hydroxylation is 2. The molecule has 0 radical (unpaired) electrons. The molecule has 0 spiro atoms. The summed E-state index contributed by atoms with van der Waals surface area (Å²) in [5, 5.41) is 0. The second-order valence-electron chi connectivity index (χ2n) is 4.99. The van der Waals surface area contributed by atoms with Gasteiger partial charge in [0, 0.05) is 0 Å². The van der Waals surface area contributed by atoms with Crippen LogP contribution in [-0.2, 0) is 12.8 Å². The van der Waals surface area contributed by atoms with Gasteiger partial charge in [-0.1, -0.05) is 18.2 Å². The monoisotopic (exact) mass is 295 g/mol. The maximum Gasteiger partial charge on any atom is 0.416 e. The molecule has 2 aromatic rings. The Labute approximate surface area is 121 Å². The van der Waals surface area contributed by atoms with Gasteiger partial charge >= 0.3 is 6.18 Å². The Morgan fingerprint density at radius 3 is 2.43 bits per heavy atom. The number of halogens is 3. The highest BCUT2D eigenvalue weighted by atomic mass is 19.4. The van der Waals surface area contributed by atoms with E-state index in [1.807, 2.05) is 19.9 Å². The van der Waals surface area contributed by atoms with Gasteiger partial charge in [-0.05, 0) is 48.7 Å².